The molecule has 0 spiro atoms. The highest BCUT2D eigenvalue weighted by molar-refractivity contribution is 8.29. The second-order valence-electron chi connectivity index (χ2n) is 7.94. The maximum atomic E-state index is 13.1. The van der Waals surface area contributed by atoms with E-state index in [9.17, 15) is 29.4 Å². The minimum absolute atomic E-state index is 0.0135. The van der Waals surface area contributed by atoms with Crippen molar-refractivity contribution in [3.05, 3.63) is 58.3 Å². The lowest BCUT2D eigenvalue weighted by Crippen LogP contribution is -2.33. The first-order valence-corrected chi connectivity index (χ1v) is 13.6. The highest BCUT2D eigenvalue weighted by atomic mass is 32.2. The van der Waals surface area contributed by atoms with Crippen molar-refractivity contribution in [3.8, 4) is 11.5 Å². The van der Waals surface area contributed by atoms with Gasteiger partial charge in [0.25, 0.3) is 11.8 Å². The summed E-state index contributed by atoms with van der Waals surface area (Å²) in [6, 6.07) is 12.5. The molecule has 0 saturated carbocycles. The summed E-state index contributed by atoms with van der Waals surface area (Å²) >= 11 is 12.5. The molecule has 0 aliphatic carbocycles. The predicted molar refractivity (Wildman–Crippen MR) is 154 cm³/mol. The van der Waals surface area contributed by atoms with Gasteiger partial charge in [0.2, 0.25) is 11.8 Å². The minimum atomic E-state index is -0.506. The number of nitrogens with zero attached hydrogens (tertiary/aromatic N) is 2. The fraction of sp³-hybridized carbons (Fsp3) is 0.167. The van der Waals surface area contributed by atoms with Gasteiger partial charge >= 0.3 is 0 Å². The number of carbonyl (C=O) groups is 4. The maximum absolute atomic E-state index is 13.1. The topological polar surface area (TPSA) is 139 Å². The van der Waals surface area contributed by atoms with Crippen molar-refractivity contribution < 1.29 is 29.4 Å². The molecule has 10 nitrogen and oxygen atoms in total. The Hall–Kier alpha value is -3.46. The number of para-hydroxylation sites is 4. The third kappa shape index (κ3) is 6.15. The molecular weight excluding hydrogens is 569 g/mol. The number of phenolic OH excluding ortho intramolecular Hbond substituents is 2. The van der Waals surface area contributed by atoms with Crippen LogP contribution >= 0.6 is 48.0 Å². The molecule has 2 aliphatic heterocycles. The van der Waals surface area contributed by atoms with Crippen molar-refractivity contribution in [1.82, 2.24) is 9.80 Å². The van der Waals surface area contributed by atoms with Gasteiger partial charge in [-0.25, -0.2) is 0 Å². The van der Waals surface area contributed by atoms with E-state index in [1.165, 1.54) is 21.9 Å². The Labute approximate surface area is 236 Å². The van der Waals surface area contributed by atoms with Crippen LogP contribution in [-0.4, -0.2) is 65.4 Å². The molecule has 2 saturated heterocycles. The molecule has 2 aromatic rings. The molecule has 0 bridgehead atoms. The highest BCUT2D eigenvalue weighted by Gasteiger charge is 2.42. The number of hydrogen-bond donors (Lipinski definition) is 4. The third-order valence-electron chi connectivity index (χ3n) is 5.39. The van der Waals surface area contributed by atoms with E-state index in [4.69, 9.17) is 24.4 Å². The molecule has 196 valence electrons. The van der Waals surface area contributed by atoms with Gasteiger partial charge in [-0.2, -0.15) is 0 Å². The average Bonchev–Trinajstić information content (AvgIpc) is 3.32. The molecular formula is C24H20N4O6S4. The number of rotatable bonds is 8. The number of benzene rings is 2. The fourth-order valence-corrected chi connectivity index (χ4v) is 6.24. The first-order chi connectivity index (χ1) is 18.2. The number of nitrogens with one attached hydrogen (secondary N) is 2. The summed E-state index contributed by atoms with van der Waals surface area (Å²) in [7, 11) is 0. The molecule has 4 amide bonds. The SMILES string of the molecule is O=C(CCN1C(=O)/C(=C2\SC(=S)N(CCC(=O)Nc3ccccc3O)C2=O)SC1=S)Nc1ccccc1O. The van der Waals surface area contributed by atoms with Crippen molar-refractivity contribution >= 4 is 91.6 Å². The van der Waals surface area contributed by atoms with Crippen LogP contribution in [0, 0.1) is 0 Å². The number of carbonyl (C=O) groups excluding carboxylic acids is 4. The third-order valence-corrected chi connectivity index (χ3v) is 8.41. The Morgan fingerprint density at radius 1 is 0.711 bits per heavy atom. The molecule has 0 atom stereocenters. The van der Waals surface area contributed by atoms with E-state index < -0.39 is 23.6 Å². The van der Waals surface area contributed by atoms with Crippen molar-refractivity contribution in [1.29, 1.82) is 0 Å². The molecule has 0 radical (unpaired) electrons. The molecule has 2 aliphatic rings. The highest BCUT2D eigenvalue weighted by Crippen LogP contribution is 2.42. The van der Waals surface area contributed by atoms with E-state index >= 15 is 0 Å². The van der Waals surface area contributed by atoms with Crippen LogP contribution in [0.3, 0.4) is 0 Å². The summed E-state index contributed by atoms with van der Waals surface area (Å²) in [5, 5.41) is 24.8. The van der Waals surface area contributed by atoms with Gasteiger partial charge in [-0.15, -0.1) is 0 Å². The molecule has 4 N–H and O–H groups in total. The standard InChI is InChI=1S/C24H20N4O6S4/c29-15-7-3-1-5-13(15)25-17(31)9-11-27-21(33)19(37-23(27)35)20-22(34)28(24(36)38-20)12-10-18(32)26-14-6-2-4-8-16(14)30/h1-8,29-30H,9-12H2,(H,25,31)(H,26,32)/b20-19+. The van der Waals surface area contributed by atoms with Gasteiger partial charge in [0.15, 0.2) is 0 Å². The van der Waals surface area contributed by atoms with Crippen LogP contribution in [0.25, 0.3) is 0 Å². The van der Waals surface area contributed by atoms with Crippen LogP contribution < -0.4 is 10.6 Å². The maximum Gasteiger partial charge on any atom is 0.267 e. The van der Waals surface area contributed by atoms with Gasteiger partial charge in [0.05, 0.1) is 21.2 Å². The fourth-order valence-electron chi connectivity index (χ4n) is 3.47. The Bertz CT molecular complexity index is 1290. The van der Waals surface area contributed by atoms with Crippen LogP contribution in [-0.2, 0) is 19.2 Å². The van der Waals surface area contributed by atoms with Crippen LogP contribution in [0.5, 0.6) is 11.5 Å². The van der Waals surface area contributed by atoms with Gasteiger partial charge in [0, 0.05) is 25.9 Å². The van der Waals surface area contributed by atoms with Crippen LogP contribution in [0.2, 0.25) is 0 Å². The van der Waals surface area contributed by atoms with Gasteiger partial charge in [-0.1, -0.05) is 72.2 Å². The predicted octanol–water partition coefficient (Wildman–Crippen LogP) is 3.39. The average molecular weight is 589 g/mol. The summed E-state index contributed by atoms with van der Waals surface area (Å²) < 4.78 is 0.403. The number of thioether (sulfide) groups is 2. The van der Waals surface area contributed by atoms with E-state index in [1.807, 2.05) is 0 Å². The Kier molecular flexibility index (Phi) is 8.66. The summed E-state index contributed by atoms with van der Waals surface area (Å²) in [5.74, 6) is -2.02. The first kappa shape index (κ1) is 27.6. The van der Waals surface area contributed by atoms with E-state index in [0.29, 0.717) is 0 Å². The quantitative estimate of drug-likeness (QED) is 0.206. The summed E-state index contributed by atoms with van der Waals surface area (Å²) in [5.41, 5.74) is 0.502. The second kappa shape index (κ2) is 11.9. The lowest BCUT2D eigenvalue weighted by molar-refractivity contribution is -0.125. The van der Waals surface area contributed by atoms with Gasteiger partial charge in [-0.3, -0.25) is 29.0 Å². The molecule has 38 heavy (non-hydrogen) atoms. The van der Waals surface area contributed by atoms with Crippen molar-refractivity contribution in [3.63, 3.8) is 0 Å². The van der Waals surface area contributed by atoms with Gasteiger partial charge in [0.1, 0.15) is 20.1 Å². The summed E-state index contributed by atoms with van der Waals surface area (Å²) in [4.78, 5) is 53.5. The number of aromatic hydroxyl groups is 2. The zero-order chi connectivity index (χ0) is 27.4. The normalized spacial score (nSPS) is 17.4. The Morgan fingerprint density at radius 3 is 1.45 bits per heavy atom. The lowest BCUT2D eigenvalue weighted by Gasteiger charge is -2.15. The molecule has 2 heterocycles. The van der Waals surface area contributed by atoms with E-state index in [-0.39, 0.29) is 67.3 Å². The van der Waals surface area contributed by atoms with E-state index in [1.54, 1.807) is 36.4 Å². The first-order valence-electron chi connectivity index (χ1n) is 11.1. The zero-order valence-corrected chi connectivity index (χ0v) is 22.8. The number of anilines is 2. The summed E-state index contributed by atoms with van der Waals surface area (Å²) in [6.07, 6.45) is -0.164. The monoisotopic (exact) mass is 588 g/mol. The van der Waals surface area contributed by atoms with Crippen LogP contribution in [0.15, 0.2) is 58.3 Å². The van der Waals surface area contributed by atoms with E-state index in [2.05, 4.69) is 10.6 Å². The van der Waals surface area contributed by atoms with E-state index in [0.717, 1.165) is 23.5 Å². The minimum Gasteiger partial charge on any atom is -0.506 e. The lowest BCUT2D eigenvalue weighted by atomic mass is 10.2. The smallest absolute Gasteiger partial charge is 0.267 e. The molecule has 2 aromatic carbocycles. The Balaban J connectivity index is 1.35. The van der Waals surface area contributed by atoms with Crippen LogP contribution in [0.1, 0.15) is 12.8 Å². The molecule has 0 unspecified atom stereocenters. The molecule has 14 heteroatoms. The van der Waals surface area contributed by atoms with Gasteiger partial charge < -0.3 is 20.8 Å². The molecule has 2 fully saturated rings. The zero-order valence-electron chi connectivity index (χ0n) is 19.5. The summed E-state index contributed by atoms with van der Waals surface area (Å²) in [6.45, 7) is -0.0270. The van der Waals surface area contributed by atoms with Crippen molar-refractivity contribution in [2.75, 3.05) is 23.7 Å². The van der Waals surface area contributed by atoms with Crippen LogP contribution in [0.4, 0.5) is 11.4 Å². The largest absolute Gasteiger partial charge is 0.506 e. The van der Waals surface area contributed by atoms with Crippen molar-refractivity contribution in [2.24, 2.45) is 0 Å². The second-order valence-corrected chi connectivity index (χ2v) is 11.2. The number of thiocarbonyl (C=S) groups is 2. The number of phenols is 2. The van der Waals surface area contributed by atoms with Crippen molar-refractivity contribution in [2.45, 2.75) is 12.8 Å². The molecule has 4 rings (SSSR count). The van der Waals surface area contributed by atoms with Gasteiger partial charge in [-0.05, 0) is 24.3 Å². The number of amides is 4. The number of hydrogen-bond acceptors (Lipinski definition) is 10. The molecule has 0 aromatic heterocycles. The Morgan fingerprint density at radius 2 is 1.08 bits per heavy atom.